The van der Waals surface area contributed by atoms with E-state index in [2.05, 4.69) is 25.2 Å². The summed E-state index contributed by atoms with van der Waals surface area (Å²) in [5.41, 5.74) is 3.14. The lowest BCUT2D eigenvalue weighted by molar-refractivity contribution is -0.121. The molecule has 0 saturated heterocycles. The topological polar surface area (TPSA) is 52.7 Å². The molecule has 0 spiro atoms. The Balaban J connectivity index is 2.83. The number of carbonyl (C=O) groups is 2. The summed E-state index contributed by atoms with van der Waals surface area (Å²) in [6.07, 6.45) is 0.304. The van der Waals surface area contributed by atoms with Crippen molar-refractivity contribution in [2.45, 2.75) is 40.0 Å². The summed E-state index contributed by atoms with van der Waals surface area (Å²) in [4.78, 5) is 27.9. The lowest BCUT2D eigenvalue weighted by Crippen LogP contribution is -2.36. The van der Waals surface area contributed by atoms with Crippen LogP contribution in [0.4, 0.5) is 5.69 Å². The largest absolute Gasteiger partial charge is 0.355 e. The van der Waals surface area contributed by atoms with E-state index in [4.69, 9.17) is 0 Å². The van der Waals surface area contributed by atoms with Crippen molar-refractivity contribution in [3.05, 3.63) is 29.3 Å². The molecule has 1 aromatic rings. The molecule has 0 bridgehead atoms. The summed E-state index contributed by atoms with van der Waals surface area (Å²) in [6, 6.07) is 6.08. The minimum Gasteiger partial charge on any atom is -0.355 e. The van der Waals surface area contributed by atoms with Gasteiger partial charge in [-0.05, 0) is 38.1 Å². The first-order valence-electron chi connectivity index (χ1n) is 8.53. The second-order valence-corrected chi connectivity index (χ2v) is 6.74. The second-order valence-electron chi connectivity index (χ2n) is 6.74. The Morgan fingerprint density at radius 3 is 2.38 bits per heavy atom. The molecule has 0 aromatic heterocycles. The average molecular weight is 333 g/mol. The molecule has 1 rings (SSSR count). The number of hydrogen-bond acceptors (Lipinski definition) is 3. The van der Waals surface area contributed by atoms with Crippen molar-refractivity contribution in [3.8, 4) is 0 Å². The van der Waals surface area contributed by atoms with E-state index in [1.807, 2.05) is 38.1 Å². The van der Waals surface area contributed by atoms with Gasteiger partial charge < -0.3 is 15.1 Å². The van der Waals surface area contributed by atoms with Crippen molar-refractivity contribution in [1.82, 2.24) is 10.2 Å². The maximum absolute atomic E-state index is 12.2. The number of benzene rings is 1. The fraction of sp³-hybridized carbons (Fsp3) is 0.579. The van der Waals surface area contributed by atoms with Gasteiger partial charge in [0.05, 0.1) is 0 Å². The first-order valence-corrected chi connectivity index (χ1v) is 8.53. The van der Waals surface area contributed by atoms with Crippen LogP contribution in [0.2, 0.25) is 0 Å². The quantitative estimate of drug-likeness (QED) is 0.795. The van der Waals surface area contributed by atoms with Gasteiger partial charge in [0.2, 0.25) is 11.8 Å². The van der Waals surface area contributed by atoms with Crippen LogP contribution in [-0.2, 0) is 9.59 Å². The van der Waals surface area contributed by atoms with E-state index in [9.17, 15) is 9.59 Å². The van der Waals surface area contributed by atoms with E-state index in [1.165, 1.54) is 0 Å². The van der Waals surface area contributed by atoms with Gasteiger partial charge in [-0.3, -0.25) is 9.59 Å². The molecule has 0 aliphatic heterocycles. The Morgan fingerprint density at radius 2 is 1.83 bits per heavy atom. The van der Waals surface area contributed by atoms with Crippen LogP contribution >= 0.6 is 0 Å². The lowest BCUT2D eigenvalue weighted by atomic mass is 9.97. The molecule has 0 aliphatic carbocycles. The highest BCUT2D eigenvalue weighted by atomic mass is 16.2. The summed E-state index contributed by atoms with van der Waals surface area (Å²) in [5.74, 6) is 0.255. The van der Waals surface area contributed by atoms with E-state index in [-0.39, 0.29) is 11.8 Å². The number of anilines is 1. The van der Waals surface area contributed by atoms with Gasteiger partial charge in [0.1, 0.15) is 0 Å². The average Bonchev–Trinajstić information content (AvgIpc) is 2.47. The van der Waals surface area contributed by atoms with Crippen LogP contribution in [-0.4, -0.2) is 50.4 Å². The van der Waals surface area contributed by atoms with Gasteiger partial charge in [-0.2, -0.15) is 0 Å². The Bertz CT molecular complexity index is 568. The Kier molecular flexibility index (Phi) is 7.92. The van der Waals surface area contributed by atoms with Gasteiger partial charge in [0.25, 0.3) is 0 Å². The van der Waals surface area contributed by atoms with Crippen molar-refractivity contribution in [2.24, 2.45) is 0 Å². The van der Waals surface area contributed by atoms with E-state index < -0.39 is 0 Å². The number of nitrogens with one attached hydrogen (secondary N) is 1. The van der Waals surface area contributed by atoms with Crippen molar-refractivity contribution < 1.29 is 9.59 Å². The van der Waals surface area contributed by atoms with Crippen molar-refractivity contribution in [3.63, 3.8) is 0 Å². The van der Waals surface area contributed by atoms with Gasteiger partial charge in [0, 0.05) is 38.7 Å². The number of amides is 2. The monoisotopic (exact) mass is 333 g/mol. The number of likely N-dealkylation sites (N-methyl/N-ethyl adjacent to an activating group) is 1. The van der Waals surface area contributed by atoms with Gasteiger partial charge >= 0.3 is 0 Å². The third-order valence-corrected chi connectivity index (χ3v) is 3.98. The third kappa shape index (κ3) is 5.96. The minimum absolute atomic E-state index is 0.0252. The predicted molar refractivity (Wildman–Crippen MR) is 99.5 cm³/mol. The van der Waals surface area contributed by atoms with Crippen LogP contribution in [0.5, 0.6) is 0 Å². The van der Waals surface area contributed by atoms with Crippen LogP contribution < -0.4 is 10.2 Å². The lowest BCUT2D eigenvalue weighted by Gasteiger charge is -2.27. The summed E-state index contributed by atoms with van der Waals surface area (Å²) < 4.78 is 0. The van der Waals surface area contributed by atoms with Crippen LogP contribution in [0.25, 0.3) is 0 Å². The minimum atomic E-state index is -0.0349. The molecule has 0 atom stereocenters. The smallest absolute Gasteiger partial charge is 0.223 e. The molecular formula is C19H31N3O2. The molecule has 2 amide bonds. The Hall–Kier alpha value is -1.88. The molecule has 134 valence electrons. The summed E-state index contributed by atoms with van der Waals surface area (Å²) in [6.45, 7) is 9.61. The SMILES string of the molecule is CC(=O)N(CCC(=O)NCCN(C)C)c1c(C)cccc1C(C)C. The second kappa shape index (κ2) is 9.42. The molecule has 0 radical (unpaired) electrons. The van der Waals surface area contributed by atoms with E-state index in [0.29, 0.717) is 25.4 Å². The Labute approximate surface area is 146 Å². The van der Waals surface area contributed by atoms with Crippen molar-refractivity contribution >= 4 is 17.5 Å². The molecule has 1 N–H and O–H groups in total. The molecule has 0 fully saturated rings. The number of hydrogen-bond donors (Lipinski definition) is 1. The normalized spacial score (nSPS) is 11.0. The highest BCUT2D eigenvalue weighted by Gasteiger charge is 2.20. The van der Waals surface area contributed by atoms with Crippen molar-refractivity contribution in [1.29, 1.82) is 0 Å². The fourth-order valence-electron chi connectivity index (χ4n) is 2.66. The highest BCUT2D eigenvalue weighted by Crippen LogP contribution is 2.31. The molecule has 0 aliphatic rings. The van der Waals surface area contributed by atoms with Crippen molar-refractivity contribution in [2.75, 3.05) is 38.6 Å². The molecule has 0 saturated carbocycles. The number of aryl methyl sites for hydroxylation is 1. The molecule has 5 heteroatoms. The summed E-state index contributed by atoms with van der Waals surface area (Å²) >= 11 is 0. The maximum atomic E-state index is 12.2. The summed E-state index contributed by atoms with van der Waals surface area (Å²) in [7, 11) is 3.94. The third-order valence-electron chi connectivity index (χ3n) is 3.98. The number of rotatable bonds is 8. The van der Waals surface area contributed by atoms with Crippen LogP contribution in [0.3, 0.4) is 0 Å². The molecule has 5 nitrogen and oxygen atoms in total. The number of nitrogens with zero attached hydrogens (tertiary/aromatic N) is 2. The highest BCUT2D eigenvalue weighted by molar-refractivity contribution is 5.94. The van der Waals surface area contributed by atoms with Crippen LogP contribution in [0.1, 0.15) is 44.2 Å². The first kappa shape index (κ1) is 20.2. The molecular weight excluding hydrogens is 302 g/mol. The molecule has 0 heterocycles. The zero-order valence-corrected chi connectivity index (χ0v) is 15.8. The molecule has 24 heavy (non-hydrogen) atoms. The summed E-state index contributed by atoms with van der Waals surface area (Å²) in [5, 5.41) is 2.89. The Morgan fingerprint density at radius 1 is 1.17 bits per heavy atom. The molecule has 0 unspecified atom stereocenters. The predicted octanol–water partition coefficient (Wildman–Crippen LogP) is 2.54. The number of carbonyl (C=O) groups excluding carboxylic acids is 2. The van der Waals surface area contributed by atoms with Gasteiger partial charge in [0.15, 0.2) is 0 Å². The number of para-hydroxylation sites is 1. The van der Waals surface area contributed by atoms with Crippen LogP contribution in [0, 0.1) is 6.92 Å². The van der Waals surface area contributed by atoms with E-state index in [0.717, 1.165) is 23.4 Å². The van der Waals surface area contributed by atoms with Crippen LogP contribution in [0.15, 0.2) is 18.2 Å². The molecule has 1 aromatic carbocycles. The standard InChI is InChI=1S/C19H31N3O2/c1-14(2)17-9-7-8-15(3)19(17)22(16(4)23)12-10-18(24)20-11-13-21(5)6/h7-9,14H,10-13H2,1-6H3,(H,20,24). The van der Waals surface area contributed by atoms with E-state index in [1.54, 1.807) is 11.8 Å². The zero-order chi connectivity index (χ0) is 18.3. The first-order chi connectivity index (χ1) is 11.2. The van der Waals surface area contributed by atoms with E-state index >= 15 is 0 Å². The van der Waals surface area contributed by atoms with Gasteiger partial charge in [-0.1, -0.05) is 32.0 Å². The fourth-order valence-corrected chi connectivity index (χ4v) is 2.66. The zero-order valence-electron chi connectivity index (χ0n) is 15.8. The van der Waals surface area contributed by atoms with Gasteiger partial charge in [-0.15, -0.1) is 0 Å². The maximum Gasteiger partial charge on any atom is 0.223 e. The van der Waals surface area contributed by atoms with Gasteiger partial charge in [-0.25, -0.2) is 0 Å².